The van der Waals surface area contributed by atoms with E-state index in [1.54, 1.807) is 12.1 Å². The molecule has 1 aliphatic carbocycles. The molecule has 7 heteroatoms. The summed E-state index contributed by atoms with van der Waals surface area (Å²) in [6.07, 6.45) is -2.65. The third-order valence-electron chi connectivity index (χ3n) is 3.82. The maximum atomic E-state index is 13.0. The molecule has 0 spiro atoms. The van der Waals surface area contributed by atoms with E-state index < -0.39 is 16.9 Å². The molecular weight excluding hydrogens is 334 g/mol. The van der Waals surface area contributed by atoms with Gasteiger partial charge in [-0.2, -0.15) is 13.2 Å². The van der Waals surface area contributed by atoms with Crippen LogP contribution in [0.3, 0.4) is 0 Å². The first kappa shape index (κ1) is 16.1. The van der Waals surface area contributed by atoms with Gasteiger partial charge in [0.2, 0.25) is 0 Å². The maximum absolute atomic E-state index is 13.0. The molecule has 122 valence electrons. The van der Waals surface area contributed by atoms with E-state index in [4.69, 9.17) is 16.3 Å². The zero-order valence-corrected chi connectivity index (χ0v) is 12.5. The molecule has 0 N–H and O–H groups in total. The number of hydrogen-bond donors (Lipinski definition) is 0. The fourth-order valence-corrected chi connectivity index (χ4v) is 2.80. The average molecular weight is 346 g/mol. The van der Waals surface area contributed by atoms with Crippen LogP contribution < -0.4 is 4.74 Å². The van der Waals surface area contributed by atoms with Crippen molar-refractivity contribution in [3.05, 3.63) is 58.6 Å². The fraction of sp³-hybridized carbons (Fsp3) is 0.312. The van der Waals surface area contributed by atoms with Gasteiger partial charge in [0.15, 0.2) is 0 Å². The number of rotatable bonds is 4. The summed E-state index contributed by atoms with van der Waals surface area (Å²) in [7, 11) is 0. The van der Waals surface area contributed by atoms with Gasteiger partial charge < -0.3 is 4.74 Å². The van der Waals surface area contributed by atoms with Crippen LogP contribution in [0.15, 0.2) is 36.5 Å². The van der Waals surface area contributed by atoms with Gasteiger partial charge in [-0.15, -0.1) is 0 Å². The normalized spacial score (nSPS) is 20.4. The molecular formula is C16H12ClF4NO. The van der Waals surface area contributed by atoms with E-state index in [9.17, 15) is 17.6 Å². The predicted molar refractivity (Wildman–Crippen MR) is 77.0 cm³/mol. The molecule has 2 nitrogen and oxygen atoms in total. The van der Waals surface area contributed by atoms with Gasteiger partial charge in [0, 0.05) is 12.1 Å². The van der Waals surface area contributed by atoms with Crippen molar-refractivity contribution < 1.29 is 22.3 Å². The van der Waals surface area contributed by atoms with Crippen LogP contribution in [0, 0.1) is 11.7 Å². The lowest BCUT2D eigenvalue weighted by Crippen LogP contribution is -2.12. The Kier molecular flexibility index (Phi) is 4.19. The predicted octanol–water partition coefficient (Wildman–Crippen LogP) is 5.08. The Morgan fingerprint density at radius 2 is 1.87 bits per heavy atom. The highest BCUT2D eigenvalue weighted by molar-refractivity contribution is 6.30. The van der Waals surface area contributed by atoms with Crippen LogP contribution in [0.5, 0.6) is 5.75 Å². The zero-order valence-electron chi connectivity index (χ0n) is 11.8. The van der Waals surface area contributed by atoms with E-state index in [0.717, 1.165) is 18.1 Å². The second kappa shape index (κ2) is 6.00. The van der Waals surface area contributed by atoms with Crippen LogP contribution >= 0.6 is 11.6 Å². The highest BCUT2D eigenvalue weighted by Crippen LogP contribution is 2.48. The number of ether oxygens (including phenoxy) is 1. The van der Waals surface area contributed by atoms with Gasteiger partial charge in [0.05, 0.1) is 6.61 Å². The lowest BCUT2D eigenvalue weighted by molar-refractivity contribution is -0.139. The molecule has 2 atom stereocenters. The molecule has 0 bridgehead atoms. The van der Waals surface area contributed by atoms with Crippen LogP contribution in [-0.4, -0.2) is 11.6 Å². The van der Waals surface area contributed by atoms with Crippen LogP contribution in [-0.2, 0) is 6.18 Å². The van der Waals surface area contributed by atoms with Crippen molar-refractivity contribution in [2.45, 2.75) is 18.5 Å². The second-order valence-corrected chi connectivity index (χ2v) is 5.80. The maximum Gasteiger partial charge on any atom is 0.422 e. The molecule has 0 unspecified atom stereocenters. The summed E-state index contributed by atoms with van der Waals surface area (Å²) < 4.78 is 57.2. The average Bonchev–Trinajstić information content (AvgIpc) is 3.24. The number of halogens is 5. The Balaban J connectivity index is 1.67. The van der Waals surface area contributed by atoms with Crippen LogP contribution in [0.25, 0.3) is 0 Å². The molecule has 1 saturated carbocycles. The van der Waals surface area contributed by atoms with Gasteiger partial charge in [-0.3, -0.25) is 0 Å². The van der Waals surface area contributed by atoms with Crippen molar-refractivity contribution in [1.29, 1.82) is 0 Å². The summed E-state index contributed by atoms with van der Waals surface area (Å²) in [5.41, 5.74) is -0.0931. The molecule has 0 radical (unpaired) electrons. The van der Waals surface area contributed by atoms with E-state index in [-0.39, 0.29) is 30.0 Å². The Hall–Kier alpha value is -1.82. The molecule has 2 aromatic rings. The van der Waals surface area contributed by atoms with Crippen molar-refractivity contribution in [2.75, 3.05) is 6.61 Å². The molecule has 1 aliphatic rings. The van der Waals surface area contributed by atoms with Gasteiger partial charge in [0.1, 0.15) is 22.3 Å². The summed E-state index contributed by atoms with van der Waals surface area (Å²) in [4.78, 5) is 3.45. The van der Waals surface area contributed by atoms with Gasteiger partial charge in [-0.05, 0) is 36.1 Å². The highest BCUT2D eigenvalue weighted by atomic mass is 35.5. The topological polar surface area (TPSA) is 22.1 Å². The zero-order chi connectivity index (χ0) is 16.6. The van der Waals surface area contributed by atoms with Crippen LogP contribution in [0.1, 0.15) is 23.5 Å². The summed E-state index contributed by atoms with van der Waals surface area (Å²) in [6, 6.07) is 7.27. The number of nitrogens with zero attached hydrogens (tertiary/aromatic N) is 1. The summed E-state index contributed by atoms with van der Waals surface area (Å²) in [6.45, 7) is 0.144. The number of pyridine rings is 1. The first-order valence-electron chi connectivity index (χ1n) is 6.96. The fourth-order valence-electron chi connectivity index (χ4n) is 2.54. The van der Waals surface area contributed by atoms with Gasteiger partial charge in [-0.25, -0.2) is 9.37 Å². The van der Waals surface area contributed by atoms with E-state index in [1.807, 2.05) is 0 Å². The smallest absolute Gasteiger partial charge is 0.422 e. The first-order valence-corrected chi connectivity index (χ1v) is 7.34. The number of hydrogen-bond acceptors (Lipinski definition) is 2. The molecule has 23 heavy (non-hydrogen) atoms. The number of aromatic nitrogens is 1. The molecule has 1 aromatic carbocycles. The Morgan fingerprint density at radius 1 is 1.17 bits per heavy atom. The highest BCUT2D eigenvalue weighted by Gasteiger charge is 2.41. The van der Waals surface area contributed by atoms with E-state index in [1.165, 1.54) is 18.3 Å². The number of benzene rings is 1. The monoisotopic (exact) mass is 345 g/mol. The molecule has 0 amide bonds. The van der Waals surface area contributed by atoms with Crippen LogP contribution in [0.4, 0.5) is 17.6 Å². The second-order valence-electron chi connectivity index (χ2n) is 5.44. The molecule has 0 saturated heterocycles. The van der Waals surface area contributed by atoms with Gasteiger partial charge in [-0.1, -0.05) is 23.7 Å². The third-order valence-corrected chi connectivity index (χ3v) is 4.11. The SMILES string of the molecule is Fc1ccc([C@H]2C[C@@H]2COc2ccnc(Cl)c2C(F)(F)F)cc1. The molecule has 1 aromatic heterocycles. The molecule has 0 aliphatic heterocycles. The quantitative estimate of drug-likeness (QED) is 0.570. The van der Waals surface area contributed by atoms with E-state index in [0.29, 0.717) is 0 Å². The Morgan fingerprint density at radius 3 is 2.52 bits per heavy atom. The molecule has 1 fully saturated rings. The minimum Gasteiger partial charge on any atom is -0.492 e. The van der Waals surface area contributed by atoms with Crippen molar-refractivity contribution in [1.82, 2.24) is 4.98 Å². The van der Waals surface area contributed by atoms with Crippen molar-refractivity contribution in [3.63, 3.8) is 0 Å². The number of alkyl halides is 3. The lowest BCUT2D eigenvalue weighted by Gasteiger charge is -2.14. The van der Waals surface area contributed by atoms with Crippen molar-refractivity contribution in [3.8, 4) is 5.75 Å². The summed E-state index contributed by atoms with van der Waals surface area (Å²) in [5, 5.41) is -0.624. The standard InChI is InChI=1S/C16H12ClF4NO/c17-15-14(16(19,20)21)13(5-6-22-15)23-8-10-7-12(10)9-1-3-11(18)4-2-9/h1-6,10,12H,7-8H2/t10-,12-/m1/s1. The van der Waals surface area contributed by atoms with Crippen molar-refractivity contribution >= 4 is 11.6 Å². The van der Waals surface area contributed by atoms with E-state index in [2.05, 4.69) is 4.98 Å². The Bertz CT molecular complexity index is 702. The van der Waals surface area contributed by atoms with Gasteiger partial charge in [0.25, 0.3) is 0 Å². The Labute approximate surface area is 135 Å². The molecule has 3 rings (SSSR count). The van der Waals surface area contributed by atoms with Gasteiger partial charge >= 0.3 is 6.18 Å². The first-order chi connectivity index (χ1) is 10.9. The summed E-state index contributed by atoms with van der Waals surface area (Å²) >= 11 is 5.54. The summed E-state index contributed by atoms with van der Waals surface area (Å²) in [5.74, 6) is -0.346. The minimum atomic E-state index is -4.62. The largest absolute Gasteiger partial charge is 0.492 e. The molecule has 1 heterocycles. The third kappa shape index (κ3) is 3.58. The van der Waals surface area contributed by atoms with Crippen LogP contribution in [0.2, 0.25) is 5.15 Å². The minimum absolute atomic E-state index is 0.105. The lowest BCUT2D eigenvalue weighted by atomic mass is 10.1. The van der Waals surface area contributed by atoms with E-state index >= 15 is 0 Å². The van der Waals surface area contributed by atoms with Crippen molar-refractivity contribution in [2.24, 2.45) is 5.92 Å².